The Hall–Kier alpha value is -2.67. The van der Waals surface area contributed by atoms with Crippen molar-refractivity contribution < 1.29 is 4.74 Å². The van der Waals surface area contributed by atoms with E-state index in [4.69, 9.17) is 10.5 Å². The van der Waals surface area contributed by atoms with Crippen LogP contribution in [0.5, 0.6) is 5.75 Å². The fourth-order valence-electron chi connectivity index (χ4n) is 3.46. The van der Waals surface area contributed by atoms with Crippen molar-refractivity contribution in [3.63, 3.8) is 0 Å². The number of nitrogens with one attached hydrogen (secondary N) is 1. The van der Waals surface area contributed by atoms with Crippen molar-refractivity contribution in [1.82, 2.24) is 20.2 Å². The molecule has 7 heteroatoms. The SMILES string of the molecule is CC1(Oc2ccc3[nH]nc(-c4cc(N5CC[C@H](N)C5)ncn4)c3c2)CC1. The van der Waals surface area contributed by atoms with Gasteiger partial charge < -0.3 is 15.4 Å². The van der Waals surface area contributed by atoms with Crippen molar-refractivity contribution in [2.45, 2.75) is 37.8 Å². The minimum atomic E-state index is -0.00577. The number of nitrogens with two attached hydrogens (primary N) is 1. The minimum absolute atomic E-state index is 0.00577. The summed E-state index contributed by atoms with van der Waals surface area (Å²) >= 11 is 0. The van der Waals surface area contributed by atoms with Crippen LogP contribution in [0.25, 0.3) is 22.3 Å². The minimum Gasteiger partial charge on any atom is -0.488 e. The molecule has 1 aliphatic carbocycles. The molecule has 26 heavy (non-hydrogen) atoms. The van der Waals surface area contributed by atoms with Gasteiger partial charge in [-0.1, -0.05) is 0 Å². The first-order valence-corrected chi connectivity index (χ1v) is 9.10. The van der Waals surface area contributed by atoms with Crippen molar-refractivity contribution in [2.75, 3.05) is 18.0 Å². The molecule has 0 amide bonds. The average molecular weight is 350 g/mol. The standard InChI is InChI=1S/C19H22N6O/c1-19(5-6-19)26-13-2-3-15-14(8-13)18(24-23-15)16-9-17(22-11-21-16)25-7-4-12(20)10-25/h2-3,8-9,11-12H,4-7,10,20H2,1H3,(H,23,24)/t12-/m0/s1. The zero-order valence-electron chi connectivity index (χ0n) is 14.8. The van der Waals surface area contributed by atoms with Crippen molar-refractivity contribution in [3.05, 3.63) is 30.6 Å². The highest BCUT2D eigenvalue weighted by molar-refractivity contribution is 5.93. The van der Waals surface area contributed by atoms with Gasteiger partial charge >= 0.3 is 0 Å². The molecule has 3 heterocycles. The molecule has 0 radical (unpaired) electrons. The van der Waals surface area contributed by atoms with Gasteiger partial charge in [0.25, 0.3) is 0 Å². The lowest BCUT2D eigenvalue weighted by molar-refractivity contribution is 0.200. The highest BCUT2D eigenvalue weighted by Gasteiger charge is 2.40. The van der Waals surface area contributed by atoms with Gasteiger partial charge in [-0.2, -0.15) is 5.10 Å². The van der Waals surface area contributed by atoms with E-state index in [1.165, 1.54) is 0 Å². The summed E-state index contributed by atoms with van der Waals surface area (Å²) in [6.45, 7) is 3.90. The zero-order chi connectivity index (χ0) is 17.7. The third kappa shape index (κ3) is 2.78. The lowest BCUT2D eigenvalue weighted by atomic mass is 10.1. The second-order valence-corrected chi connectivity index (χ2v) is 7.59. The molecule has 2 fully saturated rings. The third-order valence-electron chi connectivity index (χ3n) is 5.30. The average Bonchev–Trinajstić information content (AvgIpc) is 3.05. The normalized spacial score (nSPS) is 21.3. The lowest BCUT2D eigenvalue weighted by Gasteiger charge is -2.16. The summed E-state index contributed by atoms with van der Waals surface area (Å²) < 4.78 is 6.10. The Morgan fingerprint density at radius 1 is 1.27 bits per heavy atom. The maximum atomic E-state index is 6.10. The van der Waals surface area contributed by atoms with E-state index in [2.05, 4.69) is 32.0 Å². The fraction of sp³-hybridized carbons (Fsp3) is 0.421. The molecule has 7 nitrogen and oxygen atoms in total. The smallest absolute Gasteiger partial charge is 0.132 e. The number of nitrogens with zero attached hydrogens (tertiary/aromatic N) is 4. The Labute approximate surface area is 151 Å². The quantitative estimate of drug-likeness (QED) is 0.751. The Kier molecular flexibility index (Phi) is 3.40. The van der Waals surface area contributed by atoms with E-state index in [0.717, 1.165) is 66.2 Å². The number of benzene rings is 1. The number of aromatic amines is 1. The maximum absolute atomic E-state index is 6.10. The molecular weight excluding hydrogens is 328 g/mol. The van der Waals surface area contributed by atoms with Crippen molar-refractivity contribution in [1.29, 1.82) is 0 Å². The summed E-state index contributed by atoms with van der Waals surface area (Å²) in [7, 11) is 0. The van der Waals surface area contributed by atoms with Crippen LogP contribution in [0.15, 0.2) is 30.6 Å². The van der Waals surface area contributed by atoms with Crippen LogP contribution < -0.4 is 15.4 Å². The molecule has 1 atom stereocenters. The number of hydrogen-bond donors (Lipinski definition) is 2. The summed E-state index contributed by atoms with van der Waals surface area (Å²) in [6.07, 6.45) is 4.80. The molecule has 1 aliphatic heterocycles. The molecule has 1 aromatic carbocycles. The highest BCUT2D eigenvalue weighted by atomic mass is 16.5. The first-order chi connectivity index (χ1) is 12.6. The number of H-pyrrole nitrogens is 1. The zero-order valence-corrected chi connectivity index (χ0v) is 14.8. The number of rotatable bonds is 4. The predicted octanol–water partition coefficient (Wildman–Crippen LogP) is 2.49. The van der Waals surface area contributed by atoms with Gasteiger partial charge in [-0.3, -0.25) is 5.10 Å². The Morgan fingerprint density at radius 2 is 2.15 bits per heavy atom. The predicted molar refractivity (Wildman–Crippen MR) is 100 cm³/mol. The van der Waals surface area contributed by atoms with Gasteiger partial charge in [-0.25, -0.2) is 9.97 Å². The van der Waals surface area contributed by atoms with Gasteiger partial charge in [0.05, 0.1) is 11.2 Å². The summed E-state index contributed by atoms with van der Waals surface area (Å²) in [5.41, 5.74) is 8.61. The van der Waals surface area contributed by atoms with E-state index in [-0.39, 0.29) is 11.6 Å². The van der Waals surface area contributed by atoms with E-state index in [1.807, 2.05) is 24.3 Å². The van der Waals surface area contributed by atoms with Crippen molar-refractivity contribution >= 4 is 16.7 Å². The number of hydrogen-bond acceptors (Lipinski definition) is 6. The summed E-state index contributed by atoms with van der Waals surface area (Å²) in [6, 6.07) is 8.25. The lowest BCUT2D eigenvalue weighted by Crippen LogP contribution is -2.26. The van der Waals surface area contributed by atoms with E-state index in [1.54, 1.807) is 6.33 Å². The van der Waals surface area contributed by atoms with Gasteiger partial charge in [-0.15, -0.1) is 0 Å². The van der Waals surface area contributed by atoms with Gasteiger partial charge in [0.2, 0.25) is 0 Å². The molecule has 0 bridgehead atoms. The molecule has 0 unspecified atom stereocenters. The summed E-state index contributed by atoms with van der Waals surface area (Å²) in [5.74, 6) is 1.77. The number of aromatic nitrogens is 4. The van der Waals surface area contributed by atoms with Gasteiger partial charge in [-0.05, 0) is 44.4 Å². The van der Waals surface area contributed by atoms with Crippen LogP contribution in [-0.4, -0.2) is 44.9 Å². The van der Waals surface area contributed by atoms with Crippen LogP contribution in [0.4, 0.5) is 5.82 Å². The number of fused-ring (bicyclic) bond motifs is 1. The number of anilines is 1. The van der Waals surface area contributed by atoms with Crippen LogP contribution in [0, 0.1) is 0 Å². The van der Waals surface area contributed by atoms with Gasteiger partial charge in [0, 0.05) is 30.6 Å². The van der Waals surface area contributed by atoms with E-state index < -0.39 is 0 Å². The molecule has 2 aromatic heterocycles. The largest absolute Gasteiger partial charge is 0.488 e. The Bertz CT molecular complexity index is 964. The molecular formula is C19H22N6O. The van der Waals surface area contributed by atoms with Gasteiger partial charge in [0.1, 0.15) is 29.2 Å². The van der Waals surface area contributed by atoms with Crippen molar-refractivity contribution in [2.24, 2.45) is 5.73 Å². The Balaban J connectivity index is 1.51. The summed E-state index contributed by atoms with van der Waals surface area (Å²) in [4.78, 5) is 11.1. The molecule has 2 aliphatic rings. The van der Waals surface area contributed by atoms with Crippen LogP contribution >= 0.6 is 0 Å². The molecule has 1 saturated carbocycles. The fourth-order valence-corrected chi connectivity index (χ4v) is 3.46. The van der Waals surface area contributed by atoms with E-state index >= 15 is 0 Å². The highest BCUT2D eigenvalue weighted by Crippen LogP contribution is 2.40. The van der Waals surface area contributed by atoms with E-state index in [9.17, 15) is 0 Å². The molecule has 0 spiro atoms. The van der Waals surface area contributed by atoms with Gasteiger partial charge in [0.15, 0.2) is 0 Å². The molecule has 134 valence electrons. The molecule has 3 N–H and O–H groups in total. The molecule has 3 aromatic rings. The van der Waals surface area contributed by atoms with Crippen LogP contribution in [-0.2, 0) is 0 Å². The molecule has 1 saturated heterocycles. The monoisotopic (exact) mass is 350 g/mol. The number of ether oxygens (including phenoxy) is 1. The maximum Gasteiger partial charge on any atom is 0.132 e. The van der Waals surface area contributed by atoms with E-state index in [0.29, 0.717) is 0 Å². The topological polar surface area (TPSA) is 93.0 Å². The van der Waals surface area contributed by atoms with Crippen LogP contribution in [0.2, 0.25) is 0 Å². The Morgan fingerprint density at radius 3 is 2.92 bits per heavy atom. The summed E-state index contributed by atoms with van der Waals surface area (Å²) in [5, 5.41) is 8.59. The van der Waals surface area contributed by atoms with Crippen molar-refractivity contribution in [3.8, 4) is 17.1 Å². The first-order valence-electron chi connectivity index (χ1n) is 9.10. The second kappa shape index (κ2) is 5.67. The van der Waals surface area contributed by atoms with Crippen LogP contribution in [0.1, 0.15) is 26.2 Å². The first kappa shape index (κ1) is 15.6. The third-order valence-corrected chi connectivity index (χ3v) is 5.30. The second-order valence-electron chi connectivity index (χ2n) is 7.59. The van der Waals surface area contributed by atoms with Crippen LogP contribution in [0.3, 0.4) is 0 Å². The molecule has 5 rings (SSSR count).